The fourth-order valence-electron chi connectivity index (χ4n) is 2.22. The van der Waals surface area contributed by atoms with E-state index in [0.29, 0.717) is 10.7 Å². The van der Waals surface area contributed by atoms with Crippen LogP contribution in [0.2, 0.25) is 0 Å². The van der Waals surface area contributed by atoms with Crippen molar-refractivity contribution in [1.29, 1.82) is 0 Å². The number of H-pyrrole nitrogens is 1. The molecule has 20 heavy (non-hydrogen) atoms. The highest BCUT2D eigenvalue weighted by atomic mass is 32.1. The van der Waals surface area contributed by atoms with Crippen molar-refractivity contribution in [2.24, 2.45) is 5.92 Å². The van der Waals surface area contributed by atoms with Gasteiger partial charge in [0.1, 0.15) is 6.54 Å². The number of amides is 1. The predicted octanol–water partition coefficient (Wildman–Crippen LogP) is 2.58. The van der Waals surface area contributed by atoms with Gasteiger partial charge in [-0.1, -0.05) is 6.07 Å². The average molecular weight is 308 g/mol. The number of hydrogen-bond donors (Lipinski definition) is 2. The summed E-state index contributed by atoms with van der Waals surface area (Å²) < 4.78 is 2.22. The van der Waals surface area contributed by atoms with Crippen LogP contribution >= 0.6 is 23.6 Å². The molecule has 1 amide bonds. The maximum Gasteiger partial charge on any atom is 0.240 e. The molecule has 2 N–H and O–H groups in total. The first-order chi connectivity index (χ1) is 9.65. The Morgan fingerprint density at radius 1 is 1.70 bits per heavy atom. The highest BCUT2D eigenvalue weighted by Gasteiger charge is 2.29. The number of aromatic amines is 1. The standard InChI is InChI=1S/C13H16N4OS2/c1-8(9-4-5-9)14-11(18)7-17-12(15-16-13(17)19)10-3-2-6-20-10/h2-3,6,8-9H,4-5,7H2,1H3,(H,14,18)(H,16,19)/t8-/m0/s1. The third kappa shape index (κ3) is 2.83. The van der Waals surface area contributed by atoms with E-state index in [1.165, 1.54) is 12.8 Å². The Kier molecular flexibility index (Phi) is 3.71. The van der Waals surface area contributed by atoms with E-state index in [1.54, 1.807) is 15.9 Å². The van der Waals surface area contributed by atoms with E-state index in [9.17, 15) is 4.79 Å². The second-order valence-electron chi connectivity index (χ2n) is 5.11. The first-order valence-corrected chi connectivity index (χ1v) is 7.92. The van der Waals surface area contributed by atoms with Crippen molar-refractivity contribution in [1.82, 2.24) is 20.1 Å². The molecule has 5 nitrogen and oxygen atoms in total. The van der Waals surface area contributed by atoms with E-state index in [1.807, 2.05) is 17.5 Å². The average Bonchev–Trinajstić information content (AvgIpc) is 3.03. The van der Waals surface area contributed by atoms with Crippen molar-refractivity contribution in [3.05, 3.63) is 22.3 Å². The van der Waals surface area contributed by atoms with Crippen molar-refractivity contribution in [3.8, 4) is 10.7 Å². The molecule has 0 radical (unpaired) electrons. The lowest BCUT2D eigenvalue weighted by Gasteiger charge is -2.13. The molecule has 3 rings (SSSR count). The Labute approximate surface area is 126 Å². The fraction of sp³-hybridized carbons (Fsp3) is 0.462. The highest BCUT2D eigenvalue weighted by Crippen LogP contribution is 2.32. The highest BCUT2D eigenvalue weighted by molar-refractivity contribution is 7.71. The van der Waals surface area contributed by atoms with E-state index >= 15 is 0 Å². The van der Waals surface area contributed by atoms with Crippen LogP contribution in [-0.2, 0) is 11.3 Å². The summed E-state index contributed by atoms with van der Waals surface area (Å²) >= 11 is 6.79. The number of carbonyl (C=O) groups excluding carboxylic acids is 1. The Hall–Kier alpha value is -1.47. The number of hydrogen-bond acceptors (Lipinski definition) is 4. The molecular weight excluding hydrogens is 292 g/mol. The van der Waals surface area contributed by atoms with Gasteiger partial charge in [-0.3, -0.25) is 14.5 Å². The van der Waals surface area contributed by atoms with Crippen molar-refractivity contribution >= 4 is 29.5 Å². The van der Waals surface area contributed by atoms with Gasteiger partial charge in [-0.15, -0.1) is 11.3 Å². The Morgan fingerprint density at radius 3 is 3.15 bits per heavy atom. The molecule has 1 saturated carbocycles. The van der Waals surface area contributed by atoms with Crippen LogP contribution in [-0.4, -0.2) is 26.7 Å². The molecule has 7 heteroatoms. The van der Waals surface area contributed by atoms with Gasteiger partial charge in [-0.05, 0) is 49.3 Å². The summed E-state index contributed by atoms with van der Waals surface area (Å²) in [5.41, 5.74) is 0. The van der Waals surface area contributed by atoms with E-state index in [4.69, 9.17) is 12.2 Å². The molecule has 1 aliphatic carbocycles. The quantitative estimate of drug-likeness (QED) is 0.835. The summed E-state index contributed by atoms with van der Waals surface area (Å²) in [4.78, 5) is 13.1. The van der Waals surface area contributed by atoms with Gasteiger partial charge in [0.25, 0.3) is 0 Å². The van der Waals surface area contributed by atoms with Gasteiger partial charge >= 0.3 is 0 Å². The summed E-state index contributed by atoms with van der Waals surface area (Å²) in [6.45, 7) is 2.27. The Bertz CT molecular complexity index is 654. The van der Waals surface area contributed by atoms with Crippen LogP contribution in [0.5, 0.6) is 0 Å². The molecule has 106 valence electrons. The van der Waals surface area contributed by atoms with E-state index in [2.05, 4.69) is 22.4 Å². The van der Waals surface area contributed by atoms with Crippen LogP contribution in [0.3, 0.4) is 0 Å². The van der Waals surface area contributed by atoms with Crippen molar-refractivity contribution in [2.45, 2.75) is 32.4 Å². The van der Waals surface area contributed by atoms with Gasteiger partial charge in [0, 0.05) is 6.04 Å². The Morgan fingerprint density at radius 2 is 2.50 bits per heavy atom. The minimum absolute atomic E-state index is 0.0142. The first-order valence-electron chi connectivity index (χ1n) is 6.63. The number of nitrogens with one attached hydrogen (secondary N) is 2. The summed E-state index contributed by atoms with van der Waals surface area (Å²) in [7, 11) is 0. The lowest BCUT2D eigenvalue weighted by Crippen LogP contribution is -2.36. The number of rotatable bonds is 5. The molecule has 0 spiro atoms. The maximum atomic E-state index is 12.1. The van der Waals surface area contributed by atoms with Gasteiger partial charge in [0.2, 0.25) is 5.91 Å². The van der Waals surface area contributed by atoms with Crippen LogP contribution in [0.15, 0.2) is 17.5 Å². The van der Waals surface area contributed by atoms with Gasteiger partial charge in [0.05, 0.1) is 4.88 Å². The molecule has 2 heterocycles. The monoisotopic (exact) mass is 308 g/mol. The number of aromatic nitrogens is 3. The van der Waals surface area contributed by atoms with Crippen molar-refractivity contribution in [3.63, 3.8) is 0 Å². The predicted molar refractivity (Wildman–Crippen MR) is 81.1 cm³/mol. The van der Waals surface area contributed by atoms with Gasteiger partial charge in [-0.2, -0.15) is 5.10 Å². The van der Waals surface area contributed by atoms with Crippen LogP contribution < -0.4 is 5.32 Å². The zero-order chi connectivity index (χ0) is 14.1. The summed E-state index contributed by atoms with van der Waals surface area (Å²) in [6, 6.07) is 4.17. The lowest BCUT2D eigenvalue weighted by atomic mass is 10.2. The van der Waals surface area contributed by atoms with Gasteiger partial charge < -0.3 is 5.32 Å². The molecule has 0 unspecified atom stereocenters. The lowest BCUT2D eigenvalue weighted by molar-refractivity contribution is -0.122. The van der Waals surface area contributed by atoms with Gasteiger partial charge in [-0.25, -0.2) is 0 Å². The van der Waals surface area contributed by atoms with E-state index in [0.717, 1.165) is 10.7 Å². The molecule has 1 fully saturated rings. The molecule has 0 aliphatic heterocycles. The van der Waals surface area contributed by atoms with Crippen molar-refractivity contribution < 1.29 is 4.79 Å². The third-order valence-corrected chi connectivity index (χ3v) is 4.70. The topological polar surface area (TPSA) is 62.7 Å². The van der Waals surface area contributed by atoms with Crippen LogP contribution in [0.25, 0.3) is 10.7 Å². The molecule has 0 aromatic carbocycles. The largest absolute Gasteiger partial charge is 0.352 e. The molecular formula is C13H16N4OS2. The van der Waals surface area contributed by atoms with Crippen molar-refractivity contribution in [2.75, 3.05) is 0 Å². The third-order valence-electron chi connectivity index (χ3n) is 3.52. The van der Waals surface area contributed by atoms with E-state index < -0.39 is 0 Å². The number of thiophene rings is 1. The molecule has 0 bridgehead atoms. The SMILES string of the molecule is C[C@H](NC(=O)Cn1c(-c2cccs2)n[nH]c1=S)C1CC1. The van der Waals surface area contributed by atoms with Crippen LogP contribution in [0.4, 0.5) is 0 Å². The Balaban J connectivity index is 1.75. The summed E-state index contributed by atoms with van der Waals surface area (Å²) in [5.74, 6) is 1.35. The molecule has 0 saturated heterocycles. The second kappa shape index (κ2) is 5.49. The normalized spacial score (nSPS) is 16.1. The molecule has 2 aromatic rings. The summed E-state index contributed by atoms with van der Waals surface area (Å²) in [6.07, 6.45) is 2.43. The van der Waals surface area contributed by atoms with Crippen LogP contribution in [0.1, 0.15) is 19.8 Å². The number of carbonyl (C=O) groups is 1. The molecule has 2 aromatic heterocycles. The van der Waals surface area contributed by atoms with E-state index in [-0.39, 0.29) is 18.5 Å². The zero-order valence-electron chi connectivity index (χ0n) is 11.1. The van der Waals surface area contributed by atoms with Gasteiger partial charge in [0.15, 0.2) is 10.6 Å². The van der Waals surface area contributed by atoms with Crippen LogP contribution in [0, 0.1) is 10.7 Å². The smallest absolute Gasteiger partial charge is 0.240 e. The summed E-state index contributed by atoms with van der Waals surface area (Å²) in [5, 5.41) is 12.0. The first kappa shape index (κ1) is 13.5. The second-order valence-corrected chi connectivity index (χ2v) is 6.44. The zero-order valence-corrected chi connectivity index (χ0v) is 12.8. The molecule has 1 aliphatic rings. The minimum Gasteiger partial charge on any atom is -0.352 e. The number of nitrogens with zero attached hydrogens (tertiary/aromatic N) is 2. The molecule has 1 atom stereocenters. The maximum absolute atomic E-state index is 12.1. The minimum atomic E-state index is -0.0142. The fourth-order valence-corrected chi connectivity index (χ4v) is 3.13.